The highest BCUT2D eigenvalue weighted by atomic mass is 16.4. The molecule has 102 valence electrons. The van der Waals surface area contributed by atoms with E-state index in [-0.39, 0.29) is 17.4 Å². The molecule has 1 aromatic heterocycles. The zero-order valence-corrected chi connectivity index (χ0v) is 10.9. The Hall–Kier alpha value is -2.89. The molecule has 6 nitrogen and oxygen atoms in total. The van der Waals surface area contributed by atoms with Crippen LogP contribution in [-0.4, -0.2) is 21.9 Å². The first kappa shape index (κ1) is 13.5. The van der Waals surface area contributed by atoms with E-state index >= 15 is 0 Å². The molecule has 1 aromatic carbocycles. The number of anilines is 1. The summed E-state index contributed by atoms with van der Waals surface area (Å²) >= 11 is 0. The number of oxime groups is 1. The lowest BCUT2D eigenvalue weighted by Crippen LogP contribution is -2.17. The Morgan fingerprint density at radius 2 is 2.05 bits per heavy atom. The fourth-order valence-electron chi connectivity index (χ4n) is 1.64. The summed E-state index contributed by atoms with van der Waals surface area (Å²) in [6, 6.07) is 10.5. The Bertz CT molecular complexity index is 650. The van der Waals surface area contributed by atoms with E-state index < -0.39 is 0 Å². The molecule has 0 aliphatic rings. The Morgan fingerprint density at radius 1 is 1.30 bits per heavy atom. The number of benzene rings is 1. The number of nitrogens with zero attached hydrogens (tertiary/aromatic N) is 2. The summed E-state index contributed by atoms with van der Waals surface area (Å²) in [6.07, 6.45) is 1.38. The van der Waals surface area contributed by atoms with Crippen molar-refractivity contribution in [2.75, 3.05) is 5.32 Å². The third-order valence-corrected chi connectivity index (χ3v) is 2.79. The van der Waals surface area contributed by atoms with E-state index in [1.54, 1.807) is 6.07 Å². The molecule has 0 aliphatic carbocycles. The number of nitrogens with two attached hydrogens (primary N) is 1. The predicted octanol–water partition coefficient (Wildman–Crippen LogP) is 1.74. The number of aryl methyl sites for hydroxylation is 1. The molecular formula is C14H14N4O2. The van der Waals surface area contributed by atoms with E-state index in [9.17, 15) is 4.79 Å². The van der Waals surface area contributed by atoms with Crippen LogP contribution in [0.3, 0.4) is 0 Å². The number of carbonyl (C=O) groups excluding carboxylic acids is 1. The summed E-state index contributed by atoms with van der Waals surface area (Å²) in [4.78, 5) is 16.0. The lowest BCUT2D eigenvalue weighted by molar-refractivity contribution is 0.102. The third kappa shape index (κ3) is 2.92. The molecule has 0 fully saturated rings. The monoisotopic (exact) mass is 270 g/mol. The minimum absolute atomic E-state index is 0.0524. The van der Waals surface area contributed by atoms with Crippen molar-refractivity contribution in [1.29, 1.82) is 0 Å². The number of amidine groups is 1. The van der Waals surface area contributed by atoms with Gasteiger partial charge < -0.3 is 16.3 Å². The van der Waals surface area contributed by atoms with Gasteiger partial charge in [-0.3, -0.25) is 9.78 Å². The van der Waals surface area contributed by atoms with Crippen LogP contribution in [0.1, 0.15) is 21.6 Å². The number of aromatic nitrogens is 1. The second-order valence-electron chi connectivity index (χ2n) is 4.19. The number of carbonyl (C=O) groups is 1. The zero-order valence-electron chi connectivity index (χ0n) is 10.9. The molecule has 0 saturated heterocycles. The maximum atomic E-state index is 12.0. The van der Waals surface area contributed by atoms with Crippen LogP contribution in [0.4, 0.5) is 5.69 Å². The highest BCUT2D eigenvalue weighted by molar-refractivity contribution is 6.04. The lowest BCUT2D eigenvalue weighted by atomic mass is 10.2. The highest BCUT2D eigenvalue weighted by Crippen LogP contribution is 2.14. The first-order valence-electron chi connectivity index (χ1n) is 5.92. The van der Waals surface area contributed by atoms with E-state index in [0.29, 0.717) is 5.56 Å². The first-order valence-corrected chi connectivity index (χ1v) is 5.92. The number of hydrogen-bond donors (Lipinski definition) is 3. The second-order valence-corrected chi connectivity index (χ2v) is 4.19. The molecule has 2 aromatic rings. The second kappa shape index (κ2) is 5.83. The minimum atomic E-state index is -0.314. The van der Waals surface area contributed by atoms with Crippen molar-refractivity contribution in [3.05, 3.63) is 59.4 Å². The van der Waals surface area contributed by atoms with Crippen LogP contribution in [0.15, 0.2) is 47.8 Å². The molecule has 0 aliphatic heterocycles. The molecule has 20 heavy (non-hydrogen) atoms. The van der Waals surface area contributed by atoms with Crippen LogP contribution in [0, 0.1) is 6.92 Å². The smallest absolute Gasteiger partial charge is 0.274 e. The number of nitrogens with one attached hydrogen (secondary N) is 1. The van der Waals surface area contributed by atoms with Crippen molar-refractivity contribution >= 4 is 17.4 Å². The van der Waals surface area contributed by atoms with Gasteiger partial charge in [0.2, 0.25) is 0 Å². The Balaban J connectivity index is 2.16. The molecule has 0 spiro atoms. The summed E-state index contributed by atoms with van der Waals surface area (Å²) < 4.78 is 0. The summed E-state index contributed by atoms with van der Waals surface area (Å²) in [7, 11) is 0. The average molecular weight is 270 g/mol. The van der Waals surface area contributed by atoms with Gasteiger partial charge in [0.15, 0.2) is 5.84 Å². The number of hydrogen-bond acceptors (Lipinski definition) is 4. The number of rotatable bonds is 3. The van der Waals surface area contributed by atoms with Gasteiger partial charge in [-0.25, -0.2) is 0 Å². The maximum Gasteiger partial charge on any atom is 0.274 e. The summed E-state index contributed by atoms with van der Waals surface area (Å²) in [5.74, 6) is -0.367. The molecule has 1 amide bonds. The van der Waals surface area contributed by atoms with Crippen LogP contribution in [0.5, 0.6) is 0 Å². The largest absolute Gasteiger partial charge is 0.409 e. The highest BCUT2D eigenvalue weighted by Gasteiger charge is 2.09. The maximum absolute atomic E-state index is 12.0. The van der Waals surface area contributed by atoms with Crippen LogP contribution in [0.2, 0.25) is 0 Å². The van der Waals surface area contributed by atoms with Gasteiger partial charge in [0.25, 0.3) is 5.91 Å². The van der Waals surface area contributed by atoms with E-state index in [1.807, 2.05) is 31.2 Å². The van der Waals surface area contributed by atoms with Gasteiger partial charge in [0, 0.05) is 17.4 Å². The lowest BCUT2D eigenvalue weighted by Gasteiger charge is -2.07. The molecule has 0 unspecified atom stereocenters. The van der Waals surface area contributed by atoms with Crippen LogP contribution in [0.25, 0.3) is 0 Å². The average Bonchev–Trinajstić information content (AvgIpc) is 2.49. The Morgan fingerprint density at radius 3 is 2.65 bits per heavy atom. The minimum Gasteiger partial charge on any atom is -0.409 e. The molecule has 4 N–H and O–H groups in total. The Labute approximate surface area is 115 Å². The van der Waals surface area contributed by atoms with Gasteiger partial charge >= 0.3 is 0 Å². The third-order valence-electron chi connectivity index (χ3n) is 2.79. The molecule has 0 saturated carbocycles. The fourth-order valence-corrected chi connectivity index (χ4v) is 1.64. The Kier molecular flexibility index (Phi) is 3.95. The van der Waals surface area contributed by atoms with E-state index in [1.165, 1.54) is 12.3 Å². The van der Waals surface area contributed by atoms with Crippen molar-refractivity contribution in [1.82, 2.24) is 4.98 Å². The van der Waals surface area contributed by atoms with Crippen LogP contribution in [-0.2, 0) is 0 Å². The summed E-state index contributed by atoms with van der Waals surface area (Å²) in [5.41, 5.74) is 7.82. The number of pyridine rings is 1. The van der Waals surface area contributed by atoms with Gasteiger partial charge in [-0.15, -0.1) is 0 Å². The molecule has 6 heteroatoms. The predicted molar refractivity (Wildman–Crippen MR) is 75.9 cm³/mol. The van der Waals surface area contributed by atoms with E-state index in [2.05, 4.69) is 15.5 Å². The van der Waals surface area contributed by atoms with Gasteiger partial charge in [0.1, 0.15) is 5.69 Å². The first-order chi connectivity index (χ1) is 9.61. The van der Waals surface area contributed by atoms with Crippen LogP contribution < -0.4 is 11.1 Å². The molecule has 0 atom stereocenters. The molecular weight excluding hydrogens is 256 g/mol. The van der Waals surface area contributed by atoms with E-state index in [4.69, 9.17) is 10.9 Å². The molecule has 2 rings (SSSR count). The molecule has 1 heterocycles. The molecule has 0 radical (unpaired) electrons. The fraction of sp³-hybridized carbons (Fsp3) is 0.0714. The zero-order chi connectivity index (χ0) is 14.5. The molecule has 0 bridgehead atoms. The van der Waals surface area contributed by atoms with Crippen molar-refractivity contribution in [2.45, 2.75) is 6.92 Å². The standard InChI is InChI=1S/C14H14N4O2/c1-9-4-2-3-5-11(9)17-14(19)12-7-6-10(8-16-12)13(15)18-20/h2-8,20H,1H3,(H2,15,18)(H,17,19). The summed E-state index contributed by atoms with van der Waals surface area (Å²) in [6.45, 7) is 1.91. The van der Waals surface area contributed by atoms with Crippen LogP contribution >= 0.6 is 0 Å². The number of amides is 1. The van der Waals surface area contributed by atoms with Crippen molar-refractivity contribution in [3.8, 4) is 0 Å². The summed E-state index contributed by atoms with van der Waals surface area (Å²) in [5, 5.41) is 14.2. The van der Waals surface area contributed by atoms with Gasteiger partial charge in [-0.1, -0.05) is 23.4 Å². The number of para-hydroxylation sites is 1. The van der Waals surface area contributed by atoms with E-state index in [0.717, 1.165) is 11.3 Å². The van der Waals surface area contributed by atoms with Crippen molar-refractivity contribution < 1.29 is 10.0 Å². The quantitative estimate of drug-likeness (QED) is 0.342. The SMILES string of the molecule is Cc1ccccc1NC(=O)c1ccc(C(N)=NO)cn1. The topological polar surface area (TPSA) is 101 Å². The van der Waals surface area contributed by atoms with Gasteiger partial charge in [-0.2, -0.15) is 0 Å². The van der Waals surface area contributed by atoms with Crippen molar-refractivity contribution in [3.63, 3.8) is 0 Å². The van der Waals surface area contributed by atoms with Gasteiger partial charge in [-0.05, 0) is 30.7 Å². The van der Waals surface area contributed by atoms with Gasteiger partial charge in [0.05, 0.1) is 0 Å². The van der Waals surface area contributed by atoms with Crippen molar-refractivity contribution in [2.24, 2.45) is 10.9 Å². The normalized spacial score (nSPS) is 11.2.